The predicted octanol–water partition coefficient (Wildman–Crippen LogP) is 5.21. The summed E-state index contributed by atoms with van der Waals surface area (Å²) in [6, 6.07) is 16.7. The molecule has 1 saturated carbocycles. The van der Waals surface area contributed by atoms with Gasteiger partial charge >= 0.3 is 0 Å². The van der Waals surface area contributed by atoms with Crippen molar-refractivity contribution in [3.05, 3.63) is 59.7 Å². The molecule has 1 saturated heterocycles. The molecule has 0 amide bonds. The Morgan fingerprint density at radius 1 is 1.10 bits per heavy atom. The average Bonchev–Trinajstić information content (AvgIpc) is 3.37. The molecule has 1 aliphatic carbocycles. The van der Waals surface area contributed by atoms with Crippen LogP contribution in [0.3, 0.4) is 0 Å². The van der Waals surface area contributed by atoms with Gasteiger partial charge in [-0.3, -0.25) is 9.69 Å². The molecule has 1 aliphatic heterocycles. The molecule has 30 heavy (non-hydrogen) atoms. The van der Waals surface area contributed by atoms with Gasteiger partial charge in [-0.2, -0.15) is 0 Å². The van der Waals surface area contributed by atoms with E-state index in [1.807, 2.05) is 12.1 Å². The van der Waals surface area contributed by atoms with Crippen LogP contribution in [0.5, 0.6) is 11.5 Å². The van der Waals surface area contributed by atoms with Crippen LogP contribution in [-0.2, 0) is 11.3 Å². The van der Waals surface area contributed by atoms with E-state index in [9.17, 15) is 4.79 Å². The fourth-order valence-corrected chi connectivity index (χ4v) is 5.08. The molecule has 0 bridgehead atoms. The fourth-order valence-electron chi connectivity index (χ4n) is 5.08. The lowest BCUT2D eigenvalue weighted by molar-refractivity contribution is -0.125. The summed E-state index contributed by atoms with van der Waals surface area (Å²) in [5.74, 6) is 1.97. The van der Waals surface area contributed by atoms with Crippen LogP contribution < -0.4 is 9.47 Å². The number of methoxy groups -OCH3 is 1. The first-order valence-electron chi connectivity index (χ1n) is 11.1. The van der Waals surface area contributed by atoms with Gasteiger partial charge in [0, 0.05) is 31.0 Å². The monoisotopic (exact) mass is 407 g/mol. The molecule has 0 radical (unpaired) electrons. The maximum Gasteiger partial charge on any atom is 0.161 e. The molecule has 0 N–H and O–H groups in total. The molecule has 1 heterocycles. The SMILES string of the molecule is COc1ccc([C@H]2CN(Cc3ccccc3)C[C@]2(C)C(C)=O)cc1OC1CCCC1. The summed E-state index contributed by atoms with van der Waals surface area (Å²) in [6.45, 7) is 6.35. The largest absolute Gasteiger partial charge is 0.493 e. The molecule has 2 aliphatic rings. The van der Waals surface area contributed by atoms with Crippen LogP contribution in [-0.4, -0.2) is 37.0 Å². The van der Waals surface area contributed by atoms with Crippen LogP contribution >= 0.6 is 0 Å². The molecule has 0 spiro atoms. The first-order valence-corrected chi connectivity index (χ1v) is 11.1. The number of ketones is 1. The summed E-state index contributed by atoms with van der Waals surface area (Å²) in [5, 5.41) is 0. The second-order valence-electron chi connectivity index (χ2n) is 9.12. The van der Waals surface area contributed by atoms with E-state index in [0.29, 0.717) is 0 Å². The Balaban J connectivity index is 1.60. The van der Waals surface area contributed by atoms with Gasteiger partial charge < -0.3 is 9.47 Å². The van der Waals surface area contributed by atoms with Crippen molar-refractivity contribution in [2.75, 3.05) is 20.2 Å². The number of nitrogens with zero attached hydrogens (tertiary/aromatic N) is 1. The number of carbonyl (C=O) groups excluding carboxylic acids is 1. The van der Waals surface area contributed by atoms with Crippen LogP contribution in [0.2, 0.25) is 0 Å². The van der Waals surface area contributed by atoms with E-state index in [1.54, 1.807) is 14.0 Å². The lowest BCUT2D eigenvalue weighted by atomic mass is 9.73. The minimum atomic E-state index is -0.409. The highest BCUT2D eigenvalue weighted by molar-refractivity contribution is 5.84. The van der Waals surface area contributed by atoms with Crippen molar-refractivity contribution in [3.63, 3.8) is 0 Å². The molecular formula is C26H33NO3. The van der Waals surface area contributed by atoms with Crippen LogP contribution in [0.1, 0.15) is 56.6 Å². The molecule has 2 aromatic carbocycles. The molecule has 2 aromatic rings. The van der Waals surface area contributed by atoms with Gasteiger partial charge in [0.05, 0.1) is 13.2 Å². The Morgan fingerprint density at radius 3 is 2.50 bits per heavy atom. The number of hydrogen-bond donors (Lipinski definition) is 0. The van der Waals surface area contributed by atoms with E-state index >= 15 is 0 Å². The van der Waals surface area contributed by atoms with Crippen LogP contribution in [0.4, 0.5) is 0 Å². The van der Waals surface area contributed by atoms with Gasteiger partial charge in [0.25, 0.3) is 0 Å². The second kappa shape index (κ2) is 8.81. The smallest absolute Gasteiger partial charge is 0.161 e. The zero-order chi connectivity index (χ0) is 21.1. The standard InChI is InChI=1S/C26H33NO3/c1-19(28)26(2)18-27(16-20-9-5-4-6-10-20)17-23(26)21-13-14-24(29-3)25(15-21)30-22-11-7-8-12-22/h4-6,9-10,13-15,22-23H,7-8,11-12,16-18H2,1-3H3/t23-,26-/m1/s1. The highest BCUT2D eigenvalue weighted by atomic mass is 16.5. The summed E-state index contributed by atoms with van der Waals surface area (Å²) in [7, 11) is 1.69. The van der Waals surface area contributed by atoms with Crippen molar-refractivity contribution >= 4 is 5.78 Å². The number of Topliss-reactive ketones (excluding diaryl/α,β-unsaturated/α-hetero) is 1. The summed E-state index contributed by atoms with van der Waals surface area (Å²) in [5.41, 5.74) is 2.04. The van der Waals surface area contributed by atoms with E-state index in [1.165, 1.54) is 18.4 Å². The summed E-state index contributed by atoms with van der Waals surface area (Å²) >= 11 is 0. The first-order chi connectivity index (χ1) is 14.5. The first kappa shape index (κ1) is 20.9. The zero-order valence-electron chi connectivity index (χ0n) is 18.4. The van der Waals surface area contributed by atoms with Gasteiger partial charge in [0.1, 0.15) is 5.78 Å². The fraction of sp³-hybridized carbons (Fsp3) is 0.500. The van der Waals surface area contributed by atoms with Gasteiger partial charge in [-0.05, 0) is 55.9 Å². The third-order valence-electron chi connectivity index (χ3n) is 7.00. The van der Waals surface area contributed by atoms with E-state index in [2.05, 4.69) is 48.2 Å². The molecule has 4 heteroatoms. The molecule has 160 valence electrons. The Morgan fingerprint density at radius 2 is 1.83 bits per heavy atom. The number of hydrogen-bond acceptors (Lipinski definition) is 4. The number of likely N-dealkylation sites (tertiary alicyclic amines) is 1. The van der Waals surface area contributed by atoms with Crippen molar-refractivity contribution in [1.82, 2.24) is 4.90 Å². The Bertz CT molecular complexity index is 875. The third-order valence-corrected chi connectivity index (χ3v) is 7.00. The van der Waals surface area contributed by atoms with E-state index in [0.717, 1.165) is 49.5 Å². The minimum Gasteiger partial charge on any atom is -0.493 e. The minimum absolute atomic E-state index is 0.135. The summed E-state index contributed by atoms with van der Waals surface area (Å²) < 4.78 is 11.9. The van der Waals surface area contributed by atoms with Crippen molar-refractivity contribution in [1.29, 1.82) is 0 Å². The number of benzene rings is 2. The maximum absolute atomic E-state index is 12.8. The van der Waals surface area contributed by atoms with E-state index < -0.39 is 5.41 Å². The van der Waals surface area contributed by atoms with Crippen molar-refractivity contribution in [2.45, 2.75) is 58.1 Å². The second-order valence-corrected chi connectivity index (χ2v) is 9.12. The Labute approximate surface area is 180 Å². The molecular weight excluding hydrogens is 374 g/mol. The number of ether oxygens (including phenoxy) is 2. The molecule has 0 unspecified atom stereocenters. The highest BCUT2D eigenvalue weighted by Crippen LogP contribution is 2.46. The number of carbonyl (C=O) groups is 1. The van der Waals surface area contributed by atoms with Crippen LogP contribution in [0, 0.1) is 5.41 Å². The van der Waals surface area contributed by atoms with E-state index in [4.69, 9.17) is 9.47 Å². The Hall–Kier alpha value is -2.33. The average molecular weight is 408 g/mol. The normalized spacial score (nSPS) is 24.8. The highest BCUT2D eigenvalue weighted by Gasteiger charge is 2.47. The van der Waals surface area contributed by atoms with Gasteiger partial charge in [-0.25, -0.2) is 0 Å². The summed E-state index contributed by atoms with van der Waals surface area (Å²) in [4.78, 5) is 15.2. The molecule has 4 rings (SSSR count). The maximum atomic E-state index is 12.8. The molecule has 0 aromatic heterocycles. The van der Waals surface area contributed by atoms with Crippen molar-refractivity contribution < 1.29 is 14.3 Å². The van der Waals surface area contributed by atoms with Crippen molar-refractivity contribution in [3.8, 4) is 11.5 Å². The lowest BCUT2D eigenvalue weighted by Crippen LogP contribution is -2.33. The molecule has 2 atom stereocenters. The van der Waals surface area contributed by atoms with Crippen LogP contribution in [0.15, 0.2) is 48.5 Å². The van der Waals surface area contributed by atoms with Gasteiger partial charge in [0.2, 0.25) is 0 Å². The quantitative estimate of drug-likeness (QED) is 0.631. The zero-order valence-corrected chi connectivity index (χ0v) is 18.4. The lowest BCUT2D eigenvalue weighted by Gasteiger charge is -2.29. The van der Waals surface area contributed by atoms with Crippen LogP contribution in [0.25, 0.3) is 0 Å². The number of rotatable bonds is 7. The van der Waals surface area contributed by atoms with Gasteiger partial charge in [0.15, 0.2) is 11.5 Å². The van der Waals surface area contributed by atoms with Gasteiger partial charge in [-0.15, -0.1) is 0 Å². The topological polar surface area (TPSA) is 38.8 Å². The summed E-state index contributed by atoms with van der Waals surface area (Å²) in [6.07, 6.45) is 4.93. The Kier molecular flexibility index (Phi) is 6.14. The van der Waals surface area contributed by atoms with E-state index in [-0.39, 0.29) is 17.8 Å². The third kappa shape index (κ3) is 4.24. The molecule has 2 fully saturated rings. The van der Waals surface area contributed by atoms with Crippen molar-refractivity contribution in [2.24, 2.45) is 5.41 Å². The van der Waals surface area contributed by atoms with Gasteiger partial charge in [-0.1, -0.05) is 43.3 Å². The predicted molar refractivity (Wildman–Crippen MR) is 119 cm³/mol. The molecule has 4 nitrogen and oxygen atoms in total.